The predicted octanol–water partition coefficient (Wildman–Crippen LogP) is 2.76. The van der Waals surface area contributed by atoms with Gasteiger partial charge in [-0.1, -0.05) is 34.1 Å². The number of amides is 2. The zero-order chi connectivity index (χ0) is 19.6. The normalized spacial score (nSPS) is 16.4. The maximum absolute atomic E-state index is 12.7. The number of benzene rings is 2. The molecule has 1 aliphatic rings. The minimum absolute atomic E-state index is 0.0789. The van der Waals surface area contributed by atoms with Crippen molar-refractivity contribution in [2.75, 3.05) is 5.01 Å². The zero-order valence-corrected chi connectivity index (χ0v) is 15.8. The number of anilines is 1. The van der Waals surface area contributed by atoms with Gasteiger partial charge in [-0.25, -0.2) is 9.80 Å². The minimum atomic E-state index is -1.12. The van der Waals surface area contributed by atoms with Gasteiger partial charge in [0.1, 0.15) is 11.3 Å². The number of para-hydroxylation sites is 1. The van der Waals surface area contributed by atoms with Crippen molar-refractivity contribution in [2.24, 2.45) is 0 Å². The lowest BCUT2D eigenvalue weighted by Crippen LogP contribution is -2.35. The third-order valence-corrected chi connectivity index (χ3v) is 4.32. The molecule has 1 aliphatic heterocycles. The Labute approximate surface area is 163 Å². The largest absolute Gasteiger partial charge is 0.479 e. The number of rotatable bonds is 5. The summed E-state index contributed by atoms with van der Waals surface area (Å²) < 4.78 is 6.12. The molecule has 0 saturated carbocycles. The van der Waals surface area contributed by atoms with Crippen LogP contribution in [-0.2, 0) is 14.4 Å². The second kappa shape index (κ2) is 7.63. The van der Waals surface area contributed by atoms with Crippen LogP contribution in [0.1, 0.15) is 12.5 Å². The number of halogens is 1. The molecule has 0 aliphatic carbocycles. The van der Waals surface area contributed by atoms with Crippen molar-refractivity contribution in [3.63, 3.8) is 0 Å². The van der Waals surface area contributed by atoms with E-state index >= 15 is 0 Å². The number of carbonyl (C=O) groups excluding carboxylic acids is 2. The standard InChI is InChI=1S/C19H15BrN2O5/c1-11(19(25)26)27-16-8-7-13(20)9-12(16)10-15-17(23)21-22(18(15)24)14-5-3-2-4-6-14/h2-11H,1H3,(H,21,23)(H,25,26)/b15-10-/t11-/m0/s1. The first-order valence-electron chi connectivity index (χ1n) is 7.98. The summed E-state index contributed by atoms with van der Waals surface area (Å²) in [7, 11) is 0. The first kappa shape index (κ1) is 18.7. The second-order valence-electron chi connectivity index (χ2n) is 5.76. The number of hydrogen-bond acceptors (Lipinski definition) is 4. The minimum Gasteiger partial charge on any atom is -0.479 e. The highest BCUT2D eigenvalue weighted by Crippen LogP contribution is 2.28. The molecule has 138 valence electrons. The summed E-state index contributed by atoms with van der Waals surface area (Å²) >= 11 is 3.32. The van der Waals surface area contributed by atoms with E-state index in [2.05, 4.69) is 21.4 Å². The summed E-state index contributed by atoms with van der Waals surface area (Å²) in [4.78, 5) is 36.0. The van der Waals surface area contributed by atoms with Crippen molar-refractivity contribution in [3.8, 4) is 5.75 Å². The Balaban J connectivity index is 1.96. The van der Waals surface area contributed by atoms with Crippen LogP contribution in [0.25, 0.3) is 6.08 Å². The molecular formula is C19H15BrN2O5. The van der Waals surface area contributed by atoms with Crippen molar-refractivity contribution in [1.29, 1.82) is 0 Å². The fraction of sp³-hybridized carbons (Fsp3) is 0.105. The van der Waals surface area contributed by atoms with Crippen LogP contribution < -0.4 is 15.2 Å². The molecule has 1 fully saturated rings. The quantitative estimate of drug-likeness (QED) is 0.561. The molecule has 2 aromatic carbocycles. The average molecular weight is 431 g/mol. The topological polar surface area (TPSA) is 95.9 Å². The molecular weight excluding hydrogens is 416 g/mol. The fourth-order valence-electron chi connectivity index (χ4n) is 2.45. The number of carboxylic acid groups (broad SMARTS) is 1. The molecule has 1 saturated heterocycles. The van der Waals surface area contributed by atoms with Gasteiger partial charge >= 0.3 is 5.97 Å². The number of nitrogens with zero attached hydrogens (tertiary/aromatic N) is 1. The molecule has 0 bridgehead atoms. The summed E-state index contributed by atoms with van der Waals surface area (Å²) in [5, 5.41) is 10.2. The third kappa shape index (κ3) is 4.01. The maximum Gasteiger partial charge on any atom is 0.344 e. The van der Waals surface area contributed by atoms with Gasteiger partial charge < -0.3 is 9.84 Å². The van der Waals surface area contributed by atoms with Crippen molar-refractivity contribution >= 4 is 45.5 Å². The Morgan fingerprint density at radius 2 is 1.93 bits per heavy atom. The van der Waals surface area contributed by atoms with E-state index in [9.17, 15) is 14.4 Å². The van der Waals surface area contributed by atoms with Crippen LogP contribution in [0.3, 0.4) is 0 Å². The number of aliphatic carboxylic acids is 1. The average Bonchev–Trinajstić information content (AvgIpc) is 2.92. The van der Waals surface area contributed by atoms with E-state index in [1.165, 1.54) is 13.0 Å². The molecule has 1 heterocycles. The van der Waals surface area contributed by atoms with Gasteiger partial charge in [0, 0.05) is 10.0 Å². The maximum atomic E-state index is 12.7. The van der Waals surface area contributed by atoms with Crippen LogP contribution in [0.2, 0.25) is 0 Å². The number of ether oxygens (including phenoxy) is 1. The lowest BCUT2D eigenvalue weighted by molar-refractivity contribution is -0.144. The van der Waals surface area contributed by atoms with Gasteiger partial charge in [-0.2, -0.15) is 0 Å². The van der Waals surface area contributed by atoms with Gasteiger partial charge in [-0.05, 0) is 43.3 Å². The number of hydrogen-bond donors (Lipinski definition) is 2. The molecule has 8 heteroatoms. The van der Waals surface area contributed by atoms with Crippen LogP contribution in [-0.4, -0.2) is 29.0 Å². The van der Waals surface area contributed by atoms with Crippen LogP contribution >= 0.6 is 15.9 Å². The van der Waals surface area contributed by atoms with E-state index in [1.54, 1.807) is 48.5 Å². The van der Waals surface area contributed by atoms with Gasteiger partial charge in [0.2, 0.25) is 0 Å². The van der Waals surface area contributed by atoms with E-state index in [0.717, 1.165) is 5.01 Å². The molecule has 0 aromatic heterocycles. The van der Waals surface area contributed by atoms with Gasteiger partial charge in [0.25, 0.3) is 11.8 Å². The highest BCUT2D eigenvalue weighted by molar-refractivity contribution is 9.10. The van der Waals surface area contributed by atoms with Gasteiger partial charge in [-0.3, -0.25) is 15.0 Å². The molecule has 2 amide bonds. The number of carboxylic acids is 1. The van der Waals surface area contributed by atoms with E-state index in [4.69, 9.17) is 9.84 Å². The zero-order valence-electron chi connectivity index (χ0n) is 14.2. The highest BCUT2D eigenvalue weighted by atomic mass is 79.9. The Morgan fingerprint density at radius 1 is 1.22 bits per heavy atom. The van der Waals surface area contributed by atoms with E-state index in [0.29, 0.717) is 15.7 Å². The number of carbonyl (C=O) groups is 3. The van der Waals surface area contributed by atoms with Gasteiger partial charge in [-0.15, -0.1) is 0 Å². The molecule has 3 rings (SSSR count). The molecule has 1 atom stereocenters. The van der Waals surface area contributed by atoms with Crippen LogP contribution in [0.15, 0.2) is 58.6 Å². The predicted molar refractivity (Wildman–Crippen MR) is 102 cm³/mol. The molecule has 0 spiro atoms. The van der Waals surface area contributed by atoms with Crippen molar-refractivity contribution in [3.05, 3.63) is 64.1 Å². The number of hydrazine groups is 1. The summed E-state index contributed by atoms with van der Waals surface area (Å²) in [5.41, 5.74) is 3.37. The van der Waals surface area contributed by atoms with Crippen molar-refractivity contribution in [1.82, 2.24) is 5.43 Å². The SMILES string of the molecule is C[C@H](Oc1ccc(Br)cc1/C=C1/C(=O)NN(c2ccccc2)C1=O)C(=O)O. The monoisotopic (exact) mass is 430 g/mol. The van der Waals surface area contributed by atoms with Crippen LogP contribution in [0.4, 0.5) is 5.69 Å². The summed E-state index contributed by atoms with van der Waals surface area (Å²) in [5.74, 6) is -1.94. The Hall–Kier alpha value is -3.13. The molecule has 0 radical (unpaired) electrons. The van der Waals surface area contributed by atoms with E-state index in [-0.39, 0.29) is 11.3 Å². The van der Waals surface area contributed by atoms with Crippen LogP contribution in [0, 0.1) is 0 Å². The molecule has 27 heavy (non-hydrogen) atoms. The second-order valence-corrected chi connectivity index (χ2v) is 6.67. The number of nitrogens with one attached hydrogen (secondary N) is 1. The Morgan fingerprint density at radius 3 is 2.59 bits per heavy atom. The van der Waals surface area contributed by atoms with Crippen LogP contribution in [0.5, 0.6) is 5.75 Å². The molecule has 7 nitrogen and oxygen atoms in total. The first-order chi connectivity index (χ1) is 12.9. The smallest absolute Gasteiger partial charge is 0.344 e. The summed E-state index contributed by atoms with van der Waals surface area (Å²) in [6.07, 6.45) is 0.298. The van der Waals surface area contributed by atoms with Gasteiger partial charge in [0.05, 0.1) is 5.69 Å². The Kier molecular flexibility index (Phi) is 5.27. The third-order valence-electron chi connectivity index (χ3n) is 3.83. The molecule has 2 N–H and O–H groups in total. The lowest BCUT2D eigenvalue weighted by Gasteiger charge is -2.14. The van der Waals surface area contributed by atoms with Crippen molar-refractivity contribution < 1.29 is 24.2 Å². The van der Waals surface area contributed by atoms with Crippen molar-refractivity contribution in [2.45, 2.75) is 13.0 Å². The Bertz CT molecular complexity index is 942. The molecule has 0 unspecified atom stereocenters. The van der Waals surface area contributed by atoms with Gasteiger partial charge in [0.15, 0.2) is 6.10 Å². The lowest BCUT2D eigenvalue weighted by atomic mass is 10.1. The first-order valence-corrected chi connectivity index (χ1v) is 8.77. The fourth-order valence-corrected chi connectivity index (χ4v) is 2.83. The molecule has 2 aromatic rings. The summed E-state index contributed by atoms with van der Waals surface area (Å²) in [6.45, 7) is 1.39. The summed E-state index contributed by atoms with van der Waals surface area (Å²) in [6, 6.07) is 13.6. The van der Waals surface area contributed by atoms with E-state index < -0.39 is 23.9 Å². The highest BCUT2D eigenvalue weighted by Gasteiger charge is 2.34. The van der Waals surface area contributed by atoms with E-state index in [1.807, 2.05) is 0 Å².